The van der Waals surface area contributed by atoms with E-state index in [1.807, 2.05) is 0 Å². The lowest BCUT2D eigenvalue weighted by Crippen LogP contribution is -2.19. The van der Waals surface area contributed by atoms with Crippen LogP contribution in [0.25, 0.3) is 0 Å². The van der Waals surface area contributed by atoms with Gasteiger partial charge in [0.05, 0.1) is 7.11 Å². The molecule has 0 amide bonds. The smallest absolute Gasteiger partial charge is 0.241 e. The number of nitrogens with two attached hydrogens (primary N) is 2. The van der Waals surface area contributed by atoms with E-state index >= 15 is 0 Å². The average Bonchev–Trinajstić information content (AvgIpc) is 2.26. The number of hydrogen-bond donors (Lipinski definition) is 2. The molecule has 0 spiro atoms. The summed E-state index contributed by atoms with van der Waals surface area (Å²) in [4.78, 5) is -0.190. The summed E-state index contributed by atoms with van der Waals surface area (Å²) in [5.74, 6) is 0.105. The zero-order valence-electron chi connectivity index (χ0n) is 11.8. The molecule has 6 heteroatoms. The minimum atomic E-state index is -3.95. The number of ether oxygens (including phenoxy) is 1. The van der Waals surface area contributed by atoms with Crippen molar-refractivity contribution in [1.29, 1.82) is 0 Å². The van der Waals surface area contributed by atoms with Gasteiger partial charge >= 0.3 is 0 Å². The molecule has 0 aromatic heterocycles. The van der Waals surface area contributed by atoms with Crippen LogP contribution in [0.5, 0.6) is 5.75 Å². The molecule has 1 aromatic rings. The summed E-state index contributed by atoms with van der Waals surface area (Å²) >= 11 is 0. The largest absolute Gasteiger partial charge is 0.495 e. The van der Waals surface area contributed by atoms with Crippen molar-refractivity contribution in [1.82, 2.24) is 0 Å². The maximum atomic E-state index is 11.4. The third kappa shape index (κ3) is 3.19. The van der Waals surface area contributed by atoms with Gasteiger partial charge in [-0.05, 0) is 31.0 Å². The van der Waals surface area contributed by atoms with E-state index in [4.69, 9.17) is 19.7 Å². The summed E-state index contributed by atoms with van der Waals surface area (Å²) < 4.78 is 49.3. The molecule has 1 rings (SSSR count). The highest BCUT2D eigenvalue weighted by Crippen LogP contribution is 2.24. The van der Waals surface area contributed by atoms with E-state index in [-0.39, 0.29) is 17.1 Å². The third-order valence-corrected chi connectivity index (χ3v) is 2.92. The van der Waals surface area contributed by atoms with E-state index < -0.39 is 22.9 Å². The van der Waals surface area contributed by atoms with Crippen LogP contribution in [0.2, 0.25) is 0 Å². The second-order valence-electron chi connectivity index (χ2n) is 3.34. The second-order valence-corrected chi connectivity index (χ2v) is 4.87. The molecule has 4 N–H and O–H groups in total. The Morgan fingerprint density at radius 3 is 2.75 bits per heavy atom. The number of rotatable bonds is 4. The monoisotopic (exact) mass is 247 g/mol. The Morgan fingerprint density at radius 1 is 1.56 bits per heavy atom. The van der Waals surface area contributed by atoms with E-state index in [1.54, 1.807) is 6.07 Å². The van der Waals surface area contributed by atoms with Gasteiger partial charge in [0.2, 0.25) is 10.0 Å². The van der Waals surface area contributed by atoms with Crippen LogP contribution in [-0.2, 0) is 16.4 Å². The minimum Gasteiger partial charge on any atom is -0.495 e. The molecule has 0 aliphatic heterocycles. The Balaban J connectivity index is 3.13. The van der Waals surface area contributed by atoms with Crippen LogP contribution in [0.4, 0.5) is 0 Å². The number of sulfonamides is 1. The molecule has 1 atom stereocenters. The molecule has 0 aliphatic carbocycles. The maximum Gasteiger partial charge on any atom is 0.241 e. The fraction of sp³-hybridized carbons (Fsp3) is 0.400. The fourth-order valence-corrected chi connectivity index (χ4v) is 2.07. The highest BCUT2D eigenvalue weighted by atomic mass is 32.2. The van der Waals surface area contributed by atoms with Crippen LogP contribution < -0.4 is 15.6 Å². The Kier molecular flexibility index (Phi) is 2.70. The first kappa shape index (κ1) is 8.98. The molecule has 0 saturated carbocycles. The molecule has 1 aromatic carbocycles. The highest BCUT2D eigenvalue weighted by Gasteiger charge is 2.15. The maximum absolute atomic E-state index is 11.4. The number of methoxy groups -OCH3 is 1. The standard InChI is InChI=1S/C10H16N2O3S/c1-7(11)5-8-3-4-9(15-2)10(6-8)16(12,13)14/h3-4,6-7H,5,11H2,1-2H3,(H2,12,13,14)/i1D3. The van der Waals surface area contributed by atoms with Crippen LogP contribution in [0.15, 0.2) is 23.1 Å². The SMILES string of the molecule is [2H]C([2H])([2H])C(N)Cc1ccc(OC)c(S(N)(=O)=O)c1. The van der Waals surface area contributed by atoms with Crippen LogP contribution in [0, 0.1) is 0 Å². The number of hydrogen-bond acceptors (Lipinski definition) is 4. The van der Waals surface area contributed by atoms with Crippen LogP contribution in [-0.4, -0.2) is 21.6 Å². The molecule has 16 heavy (non-hydrogen) atoms. The fourth-order valence-electron chi connectivity index (χ4n) is 1.32. The van der Waals surface area contributed by atoms with Gasteiger partial charge in [-0.3, -0.25) is 0 Å². The van der Waals surface area contributed by atoms with Crippen LogP contribution in [0.1, 0.15) is 16.5 Å². The highest BCUT2D eigenvalue weighted by molar-refractivity contribution is 7.89. The molecule has 1 unspecified atom stereocenters. The Morgan fingerprint density at radius 2 is 2.25 bits per heavy atom. The zero-order valence-corrected chi connectivity index (χ0v) is 9.62. The van der Waals surface area contributed by atoms with Gasteiger partial charge in [0, 0.05) is 10.2 Å². The van der Waals surface area contributed by atoms with Crippen LogP contribution >= 0.6 is 0 Å². The summed E-state index contributed by atoms with van der Waals surface area (Å²) in [6.45, 7) is -2.30. The summed E-state index contributed by atoms with van der Waals surface area (Å²) in [5, 5.41) is 5.07. The normalized spacial score (nSPS) is 17.1. The molecular formula is C10H16N2O3S. The van der Waals surface area contributed by atoms with E-state index in [0.717, 1.165) is 0 Å². The van der Waals surface area contributed by atoms with E-state index in [0.29, 0.717) is 5.56 Å². The lowest BCUT2D eigenvalue weighted by molar-refractivity contribution is 0.402. The van der Waals surface area contributed by atoms with Gasteiger partial charge in [0.25, 0.3) is 0 Å². The molecule has 0 aliphatic rings. The zero-order chi connectivity index (χ0) is 14.8. The summed E-state index contributed by atoms with van der Waals surface area (Å²) in [7, 11) is -2.63. The van der Waals surface area contributed by atoms with Crippen molar-refractivity contribution < 1.29 is 17.3 Å². The van der Waals surface area contributed by atoms with Crippen LogP contribution in [0.3, 0.4) is 0 Å². The van der Waals surface area contributed by atoms with Gasteiger partial charge in [-0.2, -0.15) is 0 Å². The molecule has 90 valence electrons. The van der Waals surface area contributed by atoms with E-state index in [9.17, 15) is 8.42 Å². The van der Waals surface area contributed by atoms with Gasteiger partial charge < -0.3 is 10.5 Å². The van der Waals surface area contributed by atoms with E-state index in [2.05, 4.69) is 0 Å². The quantitative estimate of drug-likeness (QED) is 0.796. The van der Waals surface area contributed by atoms with Gasteiger partial charge in [0.1, 0.15) is 10.6 Å². The third-order valence-electron chi connectivity index (χ3n) is 1.99. The first-order valence-corrected chi connectivity index (χ1v) is 6.05. The van der Waals surface area contributed by atoms with E-state index in [1.165, 1.54) is 19.2 Å². The molecule has 0 bridgehead atoms. The molecule has 0 radical (unpaired) electrons. The second kappa shape index (κ2) is 4.82. The minimum absolute atomic E-state index is 0.0169. The van der Waals surface area contributed by atoms with Gasteiger partial charge in [-0.1, -0.05) is 6.07 Å². The number of benzene rings is 1. The van der Waals surface area contributed by atoms with Crippen molar-refractivity contribution in [2.24, 2.45) is 10.9 Å². The molecule has 5 nitrogen and oxygen atoms in total. The predicted molar refractivity (Wildman–Crippen MR) is 61.7 cm³/mol. The molecular weight excluding hydrogens is 228 g/mol. The lowest BCUT2D eigenvalue weighted by Gasteiger charge is -2.10. The topological polar surface area (TPSA) is 95.4 Å². The average molecular weight is 247 g/mol. The summed E-state index contributed by atoms with van der Waals surface area (Å²) in [6, 6.07) is 3.18. The summed E-state index contributed by atoms with van der Waals surface area (Å²) in [6.07, 6.45) is 0.0169. The van der Waals surface area contributed by atoms with Crippen molar-refractivity contribution in [3.63, 3.8) is 0 Å². The van der Waals surface area contributed by atoms with Crippen molar-refractivity contribution in [2.45, 2.75) is 24.2 Å². The lowest BCUT2D eigenvalue weighted by atomic mass is 10.1. The molecule has 0 fully saturated rings. The first-order valence-electron chi connectivity index (χ1n) is 6.01. The molecule has 0 heterocycles. The van der Waals surface area contributed by atoms with Gasteiger partial charge in [0.15, 0.2) is 0 Å². The predicted octanol–water partition coefficient (Wildman–Crippen LogP) is 0.232. The van der Waals surface area contributed by atoms with Crippen molar-refractivity contribution in [3.8, 4) is 5.75 Å². The number of primary sulfonamides is 1. The summed E-state index contributed by atoms with van der Waals surface area (Å²) in [5.41, 5.74) is 6.00. The Bertz CT molecular complexity index is 558. The first-order chi connectivity index (χ1) is 8.55. The molecule has 0 saturated heterocycles. The van der Waals surface area contributed by atoms with Crippen molar-refractivity contribution >= 4 is 10.0 Å². The Hall–Kier alpha value is -1.11. The Labute approximate surface area is 99.7 Å². The van der Waals surface area contributed by atoms with Gasteiger partial charge in [-0.25, -0.2) is 13.6 Å². The van der Waals surface area contributed by atoms with Crippen molar-refractivity contribution in [2.75, 3.05) is 7.11 Å². The van der Waals surface area contributed by atoms with Gasteiger partial charge in [-0.15, -0.1) is 0 Å². The van der Waals surface area contributed by atoms with Crippen molar-refractivity contribution in [3.05, 3.63) is 23.8 Å².